The molecule has 20 heavy (non-hydrogen) atoms. The molecular formula is C14H13NO5. The molecule has 3 rings (SSSR count). The number of carbonyl (C=O) groups is 1. The van der Waals surface area contributed by atoms with Crippen LogP contribution in [0.15, 0.2) is 22.7 Å². The van der Waals surface area contributed by atoms with E-state index < -0.39 is 5.97 Å². The molecule has 0 aliphatic carbocycles. The molecule has 0 bridgehead atoms. The molecule has 0 amide bonds. The third kappa shape index (κ3) is 1.89. The van der Waals surface area contributed by atoms with Gasteiger partial charge < -0.3 is 19.1 Å². The number of rotatable bonds is 3. The van der Waals surface area contributed by atoms with E-state index >= 15 is 0 Å². The van der Waals surface area contributed by atoms with Crippen LogP contribution in [0.25, 0.3) is 11.3 Å². The zero-order valence-electron chi connectivity index (χ0n) is 11.0. The molecule has 2 aromatic rings. The Morgan fingerprint density at radius 2 is 2.15 bits per heavy atom. The van der Waals surface area contributed by atoms with Crippen LogP contribution in [0.4, 0.5) is 0 Å². The molecule has 1 aromatic heterocycles. The van der Waals surface area contributed by atoms with E-state index in [1.807, 2.05) is 19.9 Å². The summed E-state index contributed by atoms with van der Waals surface area (Å²) in [6.45, 7) is 4.25. The molecule has 0 unspecified atom stereocenters. The van der Waals surface area contributed by atoms with E-state index in [1.165, 1.54) is 6.07 Å². The molecule has 0 spiro atoms. The topological polar surface area (TPSA) is 81.8 Å². The molecular weight excluding hydrogens is 262 g/mol. The predicted molar refractivity (Wildman–Crippen MR) is 69.1 cm³/mol. The fourth-order valence-electron chi connectivity index (χ4n) is 2.29. The van der Waals surface area contributed by atoms with Gasteiger partial charge in [-0.1, -0.05) is 19.0 Å². The minimum Gasteiger partial charge on any atom is -0.475 e. The van der Waals surface area contributed by atoms with Crippen LogP contribution in [0.5, 0.6) is 11.5 Å². The van der Waals surface area contributed by atoms with Crippen LogP contribution in [0.2, 0.25) is 0 Å². The van der Waals surface area contributed by atoms with E-state index in [0.717, 1.165) is 11.1 Å². The van der Waals surface area contributed by atoms with Crippen molar-refractivity contribution in [2.45, 2.75) is 19.8 Å². The Bertz CT molecular complexity index is 674. The second-order valence-corrected chi connectivity index (χ2v) is 4.80. The number of carboxylic acids is 1. The summed E-state index contributed by atoms with van der Waals surface area (Å²) in [4.78, 5) is 10.9. The van der Waals surface area contributed by atoms with Gasteiger partial charge in [0.05, 0.1) is 0 Å². The van der Waals surface area contributed by atoms with Gasteiger partial charge in [0.2, 0.25) is 12.6 Å². The van der Waals surface area contributed by atoms with Crippen LogP contribution in [0.3, 0.4) is 0 Å². The van der Waals surface area contributed by atoms with Gasteiger partial charge in [-0.2, -0.15) is 0 Å². The van der Waals surface area contributed by atoms with Crippen molar-refractivity contribution in [3.8, 4) is 22.8 Å². The van der Waals surface area contributed by atoms with Crippen molar-refractivity contribution >= 4 is 5.97 Å². The SMILES string of the molecule is CC(C)c1c(-c2cc(C(=O)O)on2)ccc2c1OCO2. The first-order valence-electron chi connectivity index (χ1n) is 6.21. The minimum absolute atomic E-state index is 0.173. The van der Waals surface area contributed by atoms with Gasteiger partial charge in [-0.25, -0.2) is 4.79 Å². The van der Waals surface area contributed by atoms with E-state index in [-0.39, 0.29) is 18.5 Å². The third-order valence-corrected chi connectivity index (χ3v) is 3.15. The van der Waals surface area contributed by atoms with E-state index in [9.17, 15) is 4.79 Å². The Labute approximate surface area is 114 Å². The molecule has 0 saturated heterocycles. The lowest BCUT2D eigenvalue weighted by molar-refractivity contribution is 0.0652. The summed E-state index contributed by atoms with van der Waals surface area (Å²) in [5.41, 5.74) is 2.20. The van der Waals surface area contributed by atoms with Gasteiger partial charge in [-0.05, 0) is 18.1 Å². The molecule has 0 atom stereocenters. The first kappa shape index (κ1) is 12.5. The van der Waals surface area contributed by atoms with E-state index in [2.05, 4.69) is 5.16 Å². The van der Waals surface area contributed by atoms with Crippen LogP contribution >= 0.6 is 0 Å². The molecule has 2 heterocycles. The largest absolute Gasteiger partial charge is 0.475 e. The molecule has 0 saturated carbocycles. The fourth-order valence-corrected chi connectivity index (χ4v) is 2.29. The van der Waals surface area contributed by atoms with Gasteiger partial charge in [0.15, 0.2) is 11.5 Å². The number of carboxylic acid groups (broad SMARTS) is 1. The normalized spacial score (nSPS) is 12.9. The average molecular weight is 275 g/mol. The van der Waals surface area contributed by atoms with Crippen molar-refractivity contribution in [2.75, 3.05) is 6.79 Å². The highest BCUT2D eigenvalue weighted by Crippen LogP contribution is 2.44. The number of nitrogens with zero attached hydrogens (tertiary/aromatic N) is 1. The number of aromatic carboxylic acids is 1. The number of fused-ring (bicyclic) bond motifs is 1. The van der Waals surface area contributed by atoms with Crippen molar-refractivity contribution < 1.29 is 23.9 Å². The number of hydrogen-bond donors (Lipinski definition) is 1. The number of aromatic nitrogens is 1. The molecule has 6 heteroatoms. The number of benzene rings is 1. The van der Waals surface area contributed by atoms with Crippen LogP contribution in [0.1, 0.15) is 35.9 Å². The zero-order valence-corrected chi connectivity index (χ0v) is 11.0. The van der Waals surface area contributed by atoms with E-state index in [0.29, 0.717) is 17.2 Å². The van der Waals surface area contributed by atoms with Crippen LogP contribution in [-0.4, -0.2) is 23.0 Å². The summed E-state index contributed by atoms with van der Waals surface area (Å²) in [5.74, 6) is 0.228. The van der Waals surface area contributed by atoms with Crippen molar-refractivity contribution in [1.82, 2.24) is 5.16 Å². The van der Waals surface area contributed by atoms with Gasteiger partial charge >= 0.3 is 5.97 Å². The molecule has 1 N–H and O–H groups in total. The summed E-state index contributed by atoms with van der Waals surface area (Å²) < 4.78 is 15.7. The van der Waals surface area contributed by atoms with Crippen molar-refractivity contribution in [2.24, 2.45) is 0 Å². The molecule has 6 nitrogen and oxygen atoms in total. The van der Waals surface area contributed by atoms with Gasteiger partial charge in [0.1, 0.15) is 5.69 Å². The molecule has 0 fully saturated rings. The lowest BCUT2D eigenvalue weighted by Crippen LogP contribution is -1.97. The lowest BCUT2D eigenvalue weighted by Gasteiger charge is -2.13. The maximum Gasteiger partial charge on any atom is 0.374 e. The average Bonchev–Trinajstić information content (AvgIpc) is 3.05. The summed E-state index contributed by atoms with van der Waals surface area (Å²) >= 11 is 0. The Kier molecular flexibility index (Phi) is 2.85. The highest BCUT2D eigenvalue weighted by atomic mass is 16.7. The van der Waals surface area contributed by atoms with E-state index in [1.54, 1.807) is 6.07 Å². The van der Waals surface area contributed by atoms with Crippen molar-refractivity contribution in [1.29, 1.82) is 0 Å². The highest BCUT2D eigenvalue weighted by Gasteiger charge is 2.25. The van der Waals surface area contributed by atoms with Crippen molar-refractivity contribution in [3.63, 3.8) is 0 Å². The first-order chi connectivity index (χ1) is 9.58. The summed E-state index contributed by atoms with van der Waals surface area (Å²) in [6, 6.07) is 5.04. The quantitative estimate of drug-likeness (QED) is 0.927. The second kappa shape index (κ2) is 4.56. The Hall–Kier alpha value is -2.50. The maximum atomic E-state index is 10.9. The minimum atomic E-state index is -1.14. The number of ether oxygens (including phenoxy) is 2. The Morgan fingerprint density at radius 1 is 1.35 bits per heavy atom. The first-order valence-corrected chi connectivity index (χ1v) is 6.21. The third-order valence-electron chi connectivity index (χ3n) is 3.15. The molecule has 0 radical (unpaired) electrons. The fraction of sp³-hybridized carbons (Fsp3) is 0.286. The maximum absolute atomic E-state index is 10.9. The Morgan fingerprint density at radius 3 is 2.80 bits per heavy atom. The van der Waals surface area contributed by atoms with Gasteiger partial charge in [0, 0.05) is 17.2 Å². The van der Waals surface area contributed by atoms with Crippen LogP contribution in [0, 0.1) is 0 Å². The number of hydrogen-bond acceptors (Lipinski definition) is 5. The monoisotopic (exact) mass is 275 g/mol. The highest BCUT2D eigenvalue weighted by molar-refractivity contribution is 5.86. The van der Waals surface area contributed by atoms with Gasteiger partial charge in [-0.15, -0.1) is 0 Å². The molecule has 104 valence electrons. The lowest BCUT2D eigenvalue weighted by atomic mass is 9.93. The summed E-state index contributed by atoms with van der Waals surface area (Å²) in [7, 11) is 0. The van der Waals surface area contributed by atoms with Gasteiger partial charge in [0.25, 0.3) is 0 Å². The second-order valence-electron chi connectivity index (χ2n) is 4.80. The van der Waals surface area contributed by atoms with E-state index in [4.69, 9.17) is 19.1 Å². The van der Waals surface area contributed by atoms with Gasteiger partial charge in [-0.3, -0.25) is 0 Å². The molecule has 1 aliphatic heterocycles. The summed E-state index contributed by atoms with van der Waals surface area (Å²) in [6.07, 6.45) is 0. The smallest absolute Gasteiger partial charge is 0.374 e. The standard InChI is InChI=1S/C14H13NO5/c1-7(2)12-8(3-4-10-13(12)19-6-18-10)9-5-11(14(16)17)20-15-9/h3-5,7H,6H2,1-2H3,(H,16,17). The zero-order chi connectivity index (χ0) is 14.3. The van der Waals surface area contributed by atoms with Crippen LogP contribution in [-0.2, 0) is 0 Å². The van der Waals surface area contributed by atoms with Crippen molar-refractivity contribution in [3.05, 3.63) is 29.5 Å². The van der Waals surface area contributed by atoms with Crippen LogP contribution < -0.4 is 9.47 Å². The molecule has 1 aromatic carbocycles. The molecule has 1 aliphatic rings. The predicted octanol–water partition coefficient (Wildman–Crippen LogP) is 2.89. The summed E-state index contributed by atoms with van der Waals surface area (Å²) in [5, 5.41) is 12.7. The Balaban J connectivity index is 2.15.